The monoisotopic (exact) mass is 257 g/mol. The summed E-state index contributed by atoms with van der Waals surface area (Å²) in [5.41, 5.74) is 0.726. The third-order valence-electron chi connectivity index (χ3n) is 3.55. The van der Waals surface area contributed by atoms with Crippen LogP contribution >= 0.6 is 0 Å². The molecule has 3 nitrogen and oxygen atoms in total. The molecule has 1 aliphatic carbocycles. The first-order valence-electron chi connectivity index (χ1n) is 6.70. The molecule has 2 rings (SSSR count). The molecule has 0 saturated heterocycles. The number of alkyl halides is 2. The molecule has 0 radical (unpaired) electrons. The van der Waals surface area contributed by atoms with E-state index in [1.165, 1.54) is 4.68 Å². The van der Waals surface area contributed by atoms with Gasteiger partial charge >= 0.3 is 0 Å². The van der Waals surface area contributed by atoms with Crippen LogP contribution in [-0.4, -0.2) is 16.3 Å². The average Bonchev–Trinajstić information content (AvgIpc) is 3.09. The predicted octanol–water partition coefficient (Wildman–Crippen LogP) is 3.29. The fourth-order valence-electron chi connectivity index (χ4n) is 2.29. The number of nitrogens with zero attached hydrogens (tertiary/aromatic N) is 2. The number of hydrogen-bond acceptors (Lipinski definition) is 2. The van der Waals surface area contributed by atoms with Crippen molar-refractivity contribution in [1.82, 2.24) is 15.1 Å². The average molecular weight is 257 g/mol. The molecule has 1 fully saturated rings. The van der Waals surface area contributed by atoms with Crippen LogP contribution in [0.3, 0.4) is 0 Å². The molecule has 1 atom stereocenters. The van der Waals surface area contributed by atoms with E-state index in [1.54, 1.807) is 6.20 Å². The molecule has 1 aromatic heterocycles. The highest BCUT2D eigenvalue weighted by molar-refractivity contribution is 5.20. The fourth-order valence-corrected chi connectivity index (χ4v) is 2.29. The standard InChI is InChI=1S/C13H21F2N3/c1-3-6-16-7-11-8-17-18(12(11)13(14)15)9(2)10-4-5-10/h8-10,13,16H,3-7H2,1-2H3. The van der Waals surface area contributed by atoms with Crippen LogP contribution in [0.4, 0.5) is 8.78 Å². The molecule has 0 bridgehead atoms. The van der Waals surface area contributed by atoms with Crippen LogP contribution in [0.1, 0.15) is 56.8 Å². The molecule has 1 saturated carbocycles. The van der Waals surface area contributed by atoms with Gasteiger partial charge in [0.2, 0.25) is 0 Å². The normalized spacial score (nSPS) is 17.4. The van der Waals surface area contributed by atoms with Gasteiger partial charge in [-0.1, -0.05) is 6.92 Å². The van der Waals surface area contributed by atoms with Crippen LogP contribution in [-0.2, 0) is 6.54 Å². The summed E-state index contributed by atoms with van der Waals surface area (Å²) in [5, 5.41) is 7.33. The minimum atomic E-state index is -2.45. The van der Waals surface area contributed by atoms with Crippen molar-refractivity contribution in [3.63, 3.8) is 0 Å². The van der Waals surface area contributed by atoms with E-state index < -0.39 is 6.43 Å². The first-order valence-corrected chi connectivity index (χ1v) is 6.70. The highest BCUT2D eigenvalue weighted by Crippen LogP contribution is 2.41. The highest BCUT2D eigenvalue weighted by atomic mass is 19.3. The maximum absolute atomic E-state index is 13.2. The first kappa shape index (κ1) is 13.5. The molecular weight excluding hydrogens is 236 g/mol. The second-order valence-corrected chi connectivity index (χ2v) is 5.06. The molecule has 1 N–H and O–H groups in total. The summed E-state index contributed by atoms with van der Waals surface area (Å²) in [6, 6.07) is 0.0916. The Bertz CT molecular complexity index is 386. The lowest BCUT2D eigenvalue weighted by molar-refractivity contribution is 0.134. The Hall–Kier alpha value is -0.970. The molecule has 0 aliphatic heterocycles. The molecule has 18 heavy (non-hydrogen) atoms. The first-order chi connectivity index (χ1) is 8.65. The molecule has 5 heteroatoms. The van der Waals surface area contributed by atoms with E-state index in [-0.39, 0.29) is 11.7 Å². The van der Waals surface area contributed by atoms with E-state index in [0.717, 1.165) is 25.8 Å². The SMILES string of the molecule is CCCNCc1cnn(C(C)C2CC2)c1C(F)F. The van der Waals surface area contributed by atoms with Crippen LogP contribution in [0.25, 0.3) is 0 Å². The van der Waals surface area contributed by atoms with Gasteiger partial charge in [-0.3, -0.25) is 4.68 Å². The Morgan fingerprint density at radius 1 is 1.50 bits per heavy atom. The van der Waals surface area contributed by atoms with Gasteiger partial charge in [-0.2, -0.15) is 5.10 Å². The molecule has 0 amide bonds. The quantitative estimate of drug-likeness (QED) is 0.760. The Morgan fingerprint density at radius 2 is 2.22 bits per heavy atom. The van der Waals surface area contributed by atoms with E-state index in [1.807, 2.05) is 6.92 Å². The summed E-state index contributed by atoms with van der Waals surface area (Å²) >= 11 is 0. The van der Waals surface area contributed by atoms with Crippen molar-refractivity contribution in [1.29, 1.82) is 0 Å². The van der Waals surface area contributed by atoms with E-state index in [0.29, 0.717) is 18.0 Å². The van der Waals surface area contributed by atoms with Crippen molar-refractivity contribution >= 4 is 0 Å². The number of halogens is 2. The highest BCUT2D eigenvalue weighted by Gasteiger charge is 2.33. The van der Waals surface area contributed by atoms with Gasteiger partial charge in [0.25, 0.3) is 6.43 Å². The van der Waals surface area contributed by atoms with Gasteiger partial charge < -0.3 is 5.32 Å². The lowest BCUT2D eigenvalue weighted by Crippen LogP contribution is -2.17. The van der Waals surface area contributed by atoms with Crippen molar-refractivity contribution in [2.24, 2.45) is 5.92 Å². The summed E-state index contributed by atoms with van der Waals surface area (Å²) in [7, 11) is 0. The van der Waals surface area contributed by atoms with Gasteiger partial charge in [0.1, 0.15) is 5.69 Å². The molecular formula is C13H21F2N3. The Kier molecular flexibility index (Phi) is 4.32. The zero-order valence-electron chi connectivity index (χ0n) is 11.0. The van der Waals surface area contributed by atoms with Crippen molar-refractivity contribution < 1.29 is 8.78 Å². The Balaban J connectivity index is 2.14. The van der Waals surface area contributed by atoms with Crippen molar-refractivity contribution in [2.75, 3.05) is 6.54 Å². The van der Waals surface area contributed by atoms with Crippen molar-refractivity contribution in [3.8, 4) is 0 Å². The lowest BCUT2D eigenvalue weighted by atomic mass is 10.2. The van der Waals surface area contributed by atoms with Crippen LogP contribution in [0.2, 0.25) is 0 Å². The van der Waals surface area contributed by atoms with Crippen molar-refractivity contribution in [2.45, 2.75) is 52.1 Å². The zero-order valence-corrected chi connectivity index (χ0v) is 11.0. The number of aromatic nitrogens is 2. The number of nitrogens with one attached hydrogen (secondary N) is 1. The fraction of sp³-hybridized carbons (Fsp3) is 0.769. The van der Waals surface area contributed by atoms with Gasteiger partial charge in [0.05, 0.1) is 12.2 Å². The summed E-state index contributed by atoms with van der Waals surface area (Å²) in [6.45, 7) is 5.36. The van der Waals surface area contributed by atoms with Crippen LogP contribution in [0.5, 0.6) is 0 Å². The molecule has 1 aliphatic rings. The van der Waals surface area contributed by atoms with E-state index in [9.17, 15) is 8.78 Å². The second kappa shape index (κ2) is 5.78. The van der Waals surface area contributed by atoms with Crippen LogP contribution in [0.15, 0.2) is 6.20 Å². The van der Waals surface area contributed by atoms with Gasteiger partial charge in [-0.15, -0.1) is 0 Å². The third kappa shape index (κ3) is 2.88. The van der Waals surface area contributed by atoms with Crippen LogP contribution in [0, 0.1) is 5.92 Å². The molecule has 0 spiro atoms. The molecule has 1 unspecified atom stereocenters. The maximum Gasteiger partial charge on any atom is 0.280 e. The summed E-state index contributed by atoms with van der Waals surface area (Å²) < 4.78 is 27.9. The number of rotatable bonds is 7. The maximum atomic E-state index is 13.2. The smallest absolute Gasteiger partial charge is 0.280 e. The van der Waals surface area contributed by atoms with Gasteiger partial charge in [-0.05, 0) is 38.6 Å². The molecule has 0 aromatic carbocycles. The summed E-state index contributed by atoms with van der Waals surface area (Å²) in [4.78, 5) is 0. The van der Waals surface area contributed by atoms with Crippen LogP contribution < -0.4 is 5.32 Å². The minimum Gasteiger partial charge on any atom is -0.313 e. The minimum absolute atomic E-state index is 0.0916. The largest absolute Gasteiger partial charge is 0.313 e. The predicted molar refractivity (Wildman–Crippen MR) is 66.6 cm³/mol. The lowest BCUT2D eigenvalue weighted by Gasteiger charge is -2.15. The zero-order chi connectivity index (χ0) is 13.1. The molecule has 102 valence electrons. The van der Waals surface area contributed by atoms with Gasteiger partial charge in [-0.25, -0.2) is 8.78 Å². The van der Waals surface area contributed by atoms with E-state index in [2.05, 4.69) is 17.3 Å². The molecule has 1 aromatic rings. The van der Waals surface area contributed by atoms with E-state index >= 15 is 0 Å². The summed E-state index contributed by atoms with van der Waals surface area (Å²) in [5.74, 6) is 0.527. The van der Waals surface area contributed by atoms with Gasteiger partial charge in [0.15, 0.2) is 0 Å². The Labute approximate surface area is 107 Å². The third-order valence-corrected chi connectivity index (χ3v) is 3.55. The molecule has 1 heterocycles. The van der Waals surface area contributed by atoms with E-state index in [4.69, 9.17) is 0 Å². The summed E-state index contributed by atoms with van der Waals surface area (Å²) in [6.07, 6.45) is 2.40. The van der Waals surface area contributed by atoms with Gasteiger partial charge in [0, 0.05) is 12.1 Å². The van der Waals surface area contributed by atoms with Crippen molar-refractivity contribution in [3.05, 3.63) is 17.5 Å². The Morgan fingerprint density at radius 3 is 2.78 bits per heavy atom. The number of hydrogen-bond donors (Lipinski definition) is 1. The topological polar surface area (TPSA) is 29.9 Å². The second-order valence-electron chi connectivity index (χ2n) is 5.06.